The fourth-order valence-corrected chi connectivity index (χ4v) is 0.807. The molecule has 0 aliphatic carbocycles. The third kappa shape index (κ3) is 1.50. The molecule has 0 bridgehead atoms. The van der Waals surface area contributed by atoms with Crippen LogP contribution in [0.4, 0.5) is 0 Å². The fourth-order valence-electron chi connectivity index (χ4n) is 0.497. The first-order valence-corrected chi connectivity index (χ1v) is 3.13. The molecule has 1 N–H and O–H groups in total. The molecule has 1 heterocycles. The van der Waals surface area contributed by atoms with Crippen LogP contribution in [0, 0.1) is 5.41 Å². The molecule has 0 atom stereocenters. The number of allylic oxidation sites excluding steroid dienone is 1. The van der Waals surface area contributed by atoms with Crippen molar-refractivity contribution in [2.45, 2.75) is 6.42 Å². The summed E-state index contributed by atoms with van der Waals surface area (Å²) in [6, 6.07) is 0. The molecular formula is C5H5NO2S. The minimum absolute atomic E-state index is 0.302. The summed E-state index contributed by atoms with van der Waals surface area (Å²) in [5.41, 5.74) is 0.416. The number of hydrogen-bond acceptors (Lipinski definition) is 3. The third-order valence-electron chi connectivity index (χ3n) is 0.896. The van der Waals surface area contributed by atoms with Crippen LogP contribution in [0.1, 0.15) is 6.42 Å². The van der Waals surface area contributed by atoms with Gasteiger partial charge in [0, 0.05) is 5.71 Å². The second-order valence-corrected chi connectivity index (χ2v) is 2.20. The van der Waals surface area contributed by atoms with E-state index in [4.69, 9.17) is 10.1 Å². The van der Waals surface area contributed by atoms with Gasteiger partial charge in [0.25, 0.3) is 0 Å². The van der Waals surface area contributed by atoms with Gasteiger partial charge in [-0.15, -0.1) is 0 Å². The van der Waals surface area contributed by atoms with Crippen LogP contribution < -0.4 is 0 Å². The molecule has 0 spiro atoms. The lowest BCUT2D eigenvalue weighted by molar-refractivity contribution is 0.472. The van der Waals surface area contributed by atoms with Gasteiger partial charge in [-0.3, -0.25) is 0 Å². The highest BCUT2D eigenvalue weighted by Gasteiger charge is 2.05. The third-order valence-corrected chi connectivity index (χ3v) is 1.32. The van der Waals surface area contributed by atoms with Crippen LogP contribution in [0.25, 0.3) is 0 Å². The maximum Gasteiger partial charge on any atom is 0.201 e. The van der Waals surface area contributed by atoms with Crippen molar-refractivity contribution < 1.29 is 8.95 Å². The second kappa shape index (κ2) is 2.59. The van der Waals surface area contributed by atoms with Crippen LogP contribution >= 0.6 is 0 Å². The van der Waals surface area contributed by atoms with Gasteiger partial charge in [0.1, 0.15) is 11.3 Å². The molecule has 0 radical (unpaired) electrons. The van der Waals surface area contributed by atoms with Crippen molar-refractivity contribution in [2.24, 2.45) is 0 Å². The molecule has 0 fully saturated rings. The fraction of sp³-hybridized carbons (Fsp3) is 0.200. The zero-order chi connectivity index (χ0) is 6.69. The largest absolute Gasteiger partial charge is 0.455 e. The molecule has 3 nitrogen and oxygen atoms in total. The summed E-state index contributed by atoms with van der Waals surface area (Å²) in [5, 5.41) is 7.43. The molecule has 0 aromatic rings. The van der Waals surface area contributed by atoms with E-state index < -0.39 is 0 Å². The quantitative estimate of drug-likeness (QED) is 0.495. The predicted molar refractivity (Wildman–Crippen MR) is 35.7 cm³/mol. The SMILES string of the molecule is N=C1C=COC(=S=O)C1. The Morgan fingerprint density at radius 2 is 2.56 bits per heavy atom. The number of hydrogen-bond donors (Lipinski definition) is 1. The number of nitrogens with one attached hydrogen (secondary N) is 1. The molecule has 4 heteroatoms. The first kappa shape index (κ1) is 6.22. The summed E-state index contributed by atoms with van der Waals surface area (Å²) >= 11 is 0.302. The van der Waals surface area contributed by atoms with Crippen LogP contribution in [0.15, 0.2) is 12.3 Å². The van der Waals surface area contributed by atoms with Gasteiger partial charge >= 0.3 is 0 Å². The highest BCUT2D eigenvalue weighted by Crippen LogP contribution is 1.98. The van der Waals surface area contributed by atoms with Crippen molar-refractivity contribution in [3.05, 3.63) is 12.3 Å². The standard InChI is InChI=1S/C5H5NO2S/c6-4-1-2-8-5(3-4)9-7/h1-2,6H,3H2. The first-order chi connectivity index (χ1) is 4.33. The van der Waals surface area contributed by atoms with E-state index in [1.807, 2.05) is 0 Å². The highest BCUT2D eigenvalue weighted by molar-refractivity contribution is 7.66. The van der Waals surface area contributed by atoms with Gasteiger partial charge in [-0.2, -0.15) is 0 Å². The Labute approximate surface area is 55.9 Å². The smallest absolute Gasteiger partial charge is 0.201 e. The highest BCUT2D eigenvalue weighted by atomic mass is 32.1. The molecule has 0 saturated carbocycles. The Morgan fingerprint density at radius 1 is 1.78 bits per heavy atom. The zero-order valence-corrected chi connectivity index (χ0v) is 5.40. The van der Waals surface area contributed by atoms with E-state index in [0.717, 1.165) is 0 Å². The summed E-state index contributed by atoms with van der Waals surface area (Å²) in [6.45, 7) is 0. The molecule has 1 rings (SSSR count). The maximum absolute atomic E-state index is 10.1. The zero-order valence-electron chi connectivity index (χ0n) is 4.59. The lowest BCUT2D eigenvalue weighted by Crippen LogP contribution is -2.10. The Kier molecular flexibility index (Phi) is 1.79. The van der Waals surface area contributed by atoms with Gasteiger partial charge in [0.2, 0.25) is 5.05 Å². The van der Waals surface area contributed by atoms with Gasteiger partial charge in [-0.25, -0.2) is 4.21 Å². The molecule has 0 amide bonds. The van der Waals surface area contributed by atoms with Crippen LogP contribution in [-0.4, -0.2) is 15.0 Å². The minimum atomic E-state index is 0.302. The molecule has 48 valence electrons. The van der Waals surface area contributed by atoms with Gasteiger partial charge in [0.05, 0.1) is 12.7 Å². The Balaban J connectivity index is 2.80. The van der Waals surface area contributed by atoms with Crippen LogP contribution in [0.3, 0.4) is 0 Å². The second-order valence-electron chi connectivity index (χ2n) is 1.58. The Morgan fingerprint density at radius 3 is 3.00 bits per heavy atom. The topological polar surface area (TPSA) is 50.1 Å². The van der Waals surface area contributed by atoms with Crippen LogP contribution in [-0.2, 0) is 16.0 Å². The normalized spacial score (nSPS) is 17.3. The van der Waals surface area contributed by atoms with E-state index in [0.29, 0.717) is 28.4 Å². The average Bonchev–Trinajstić information content (AvgIpc) is 1.88. The Hall–Kier alpha value is -0.900. The van der Waals surface area contributed by atoms with Gasteiger partial charge < -0.3 is 10.1 Å². The summed E-state index contributed by atoms with van der Waals surface area (Å²) < 4.78 is 14.8. The van der Waals surface area contributed by atoms with E-state index >= 15 is 0 Å². The molecule has 0 aromatic heterocycles. The van der Waals surface area contributed by atoms with Crippen molar-refractivity contribution in [1.82, 2.24) is 0 Å². The lowest BCUT2D eigenvalue weighted by atomic mass is 10.2. The first-order valence-electron chi connectivity index (χ1n) is 2.39. The molecule has 0 saturated heterocycles. The monoisotopic (exact) mass is 143 g/mol. The molecule has 9 heavy (non-hydrogen) atoms. The predicted octanol–water partition coefficient (Wildman–Crippen LogP) is 0.283. The minimum Gasteiger partial charge on any atom is -0.455 e. The number of rotatable bonds is 0. The van der Waals surface area contributed by atoms with Crippen molar-refractivity contribution in [3.8, 4) is 0 Å². The number of ether oxygens (including phenoxy) is 1. The van der Waals surface area contributed by atoms with E-state index in [1.54, 1.807) is 0 Å². The molecule has 1 aliphatic heterocycles. The maximum atomic E-state index is 10.1. The van der Waals surface area contributed by atoms with Crippen molar-refractivity contribution in [3.63, 3.8) is 0 Å². The van der Waals surface area contributed by atoms with E-state index in [2.05, 4.69) is 0 Å². The summed E-state index contributed by atoms with van der Waals surface area (Å²) in [6.07, 6.45) is 3.22. The van der Waals surface area contributed by atoms with E-state index in [1.165, 1.54) is 12.3 Å². The van der Waals surface area contributed by atoms with Gasteiger partial charge in [-0.05, 0) is 6.08 Å². The summed E-state index contributed by atoms with van der Waals surface area (Å²) in [5.74, 6) is 0. The van der Waals surface area contributed by atoms with Crippen molar-refractivity contribution in [1.29, 1.82) is 5.41 Å². The lowest BCUT2D eigenvalue weighted by Gasteiger charge is -2.04. The van der Waals surface area contributed by atoms with Crippen LogP contribution in [0.5, 0.6) is 0 Å². The van der Waals surface area contributed by atoms with Crippen molar-refractivity contribution in [2.75, 3.05) is 0 Å². The van der Waals surface area contributed by atoms with Gasteiger partial charge in [0.15, 0.2) is 0 Å². The average molecular weight is 143 g/mol. The van der Waals surface area contributed by atoms with Crippen molar-refractivity contribution >= 4 is 22.0 Å². The summed E-state index contributed by atoms with van der Waals surface area (Å²) in [4.78, 5) is 0. The van der Waals surface area contributed by atoms with Gasteiger partial charge in [-0.1, -0.05) is 0 Å². The molecule has 1 aliphatic rings. The molecular weight excluding hydrogens is 138 g/mol. The van der Waals surface area contributed by atoms with E-state index in [9.17, 15) is 4.21 Å². The van der Waals surface area contributed by atoms with E-state index in [-0.39, 0.29) is 0 Å². The molecule has 0 unspecified atom stereocenters. The Bertz CT molecular complexity index is 215. The summed E-state index contributed by atoms with van der Waals surface area (Å²) in [7, 11) is 0. The van der Waals surface area contributed by atoms with Crippen LogP contribution in [0.2, 0.25) is 0 Å². The molecule has 0 aromatic carbocycles.